The molecule has 8 heteroatoms. The maximum atomic E-state index is 13.4. The first kappa shape index (κ1) is 18.2. The van der Waals surface area contributed by atoms with E-state index in [9.17, 15) is 21.6 Å². The highest BCUT2D eigenvalue weighted by Crippen LogP contribution is 2.34. The summed E-state index contributed by atoms with van der Waals surface area (Å²) in [5.74, 6) is 0. The number of rotatable bonds is 3. The zero-order valence-corrected chi connectivity index (χ0v) is 14.8. The average molecular weight is 380 g/mol. The number of hydrogen-bond donors (Lipinski definition) is 0. The lowest BCUT2D eigenvalue weighted by molar-refractivity contribution is -0.142. The Balaban J connectivity index is 2.11. The molecule has 0 fully saturated rings. The zero-order chi connectivity index (χ0) is 19.1. The molecule has 4 nitrogen and oxygen atoms in total. The van der Waals surface area contributed by atoms with Gasteiger partial charge in [0.25, 0.3) is 0 Å². The number of hydrogen-bond acceptors (Lipinski definition) is 3. The number of halogens is 3. The van der Waals surface area contributed by atoms with Gasteiger partial charge >= 0.3 is 6.18 Å². The molecule has 0 aliphatic rings. The molecule has 0 spiro atoms. The monoisotopic (exact) mass is 380 g/mol. The molecule has 0 bridgehead atoms. The molecule has 136 valence electrons. The number of benzene rings is 2. The molecule has 0 atom stereocenters. The van der Waals surface area contributed by atoms with Gasteiger partial charge in [0, 0.05) is 11.8 Å². The van der Waals surface area contributed by atoms with Gasteiger partial charge in [-0.2, -0.15) is 18.3 Å². The van der Waals surface area contributed by atoms with E-state index in [-0.39, 0.29) is 10.6 Å². The van der Waals surface area contributed by atoms with Crippen LogP contribution >= 0.6 is 0 Å². The van der Waals surface area contributed by atoms with E-state index >= 15 is 0 Å². The molecule has 0 aliphatic heterocycles. The van der Waals surface area contributed by atoms with E-state index in [0.717, 1.165) is 22.6 Å². The summed E-state index contributed by atoms with van der Waals surface area (Å²) in [7, 11) is -3.38. The number of sulfone groups is 1. The predicted molar refractivity (Wildman–Crippen MR) is 91.8 cm³/mol. The van der Waals surface area contributed by atoms with Gasteiger partial charge in [-0.1, -0.05) is 29.8 Å². The van der Waals surface area contributed by atoms with Gasteiger partial charge in [-0.05, 0) is 37.3 Å². The second kappa shape index (κ2) is 6.28. The first-order chi connectivity index (χ1) is 12.1. The van der Waals surface area contributed by atoms with Crippen LogP contribution in [0.5, 0.6) is 0 Å². The topological polar surface area (TPSA) is 52.0 Å². The van der Waals surface area contributed by atoms with Crippen LogP contribution in [0, 0.1) is 6.92 Å². The SMILES string of the molecule is Cc1ccc(-n2nc(-c3ccc(S(C)(=O)=O)cc3)cc2C(F)(F)F)cc1. The highest BCUT2D eigenvalue weighted by atomic mass is 32.2. The molecule has 1 heterocycles. The number of aryl methyl sites for hydroxylation is 1. The van der Waals surface area contributed by atoms with Crippen molar-refractivity contribution in [2.24, 2.45) is 0 Å². The van der Waals surface area contributed by atoms with Crippen LogP contribution in [-0.2, 0) is 16.0 Å². The summed E-state index contributed by atoms with van der Waals surface area (Å²) in [6, 6.07) is 13.1. The Kier molecular flexibility index (Phi) is 4.39. The first-order valence-electron chi connectivity index (χ1n) is 7.60. The molecule has 26 heavy (non-hydrogen) atoms. The maximum absolute atomic E-state index is 13.4. The summed E-state index contributed by atoms with van der Waals surface area (Å²) in [4.78, 5) is 0.0928. The molecule has 0 unspecified atom stereocenters. The van der Waals surface area contributed by atoms with Crippen molar-refractivity contribution in [2.75, 3.05) is 6.26 Å². The molecule has 0 aliphatic carbocycles. The Morgan fingerprint density at radius 2 is 1.54 bits per heavy atom. The molecule has 0 amide bonds. The van der Waals surface area contributed by atoms with E-state index in [2.05, 4.69) is 5.10 Å². The summed E-state index contributed by atoms with van der Waals surface area (Å²) < 4.78 is 64.1. The van der Waals surface area contributed by atoms with E-state index in [0.29, 0.717) is 11.3 Å². The Bertz CT molecular complexity index is 1040. The highest BCUT2D eigenvalue weighted by Gasteiger charge is 2.36. The van der Waals surface area contributed by atoms with Crippen molar-refractivity contribution in [3.8, 4) is 16.9 Å². The number of alkyl halides is 3. The third kappa shape index (κ3) is 3.65. The predicted octanol–water partition coefficient (Wildman–Crippen LogP) is 4.27. The van der Waals surface area contributed by atoms with Gasteiger partial charge in [-0.25, -0.2) is 13.1 Å². The second-order valence-corrected chi connectivity index (χ2v) is 7.97. The van der Waals surface area contributed by atoms with Crippen LogP contribution in [0.1, 0.15) is 11.3 Å². The minimum absolute atomic E-state index is 0.0928. The fraction of sp³-hybridized carbons (Fsp3) is 0.167. The van der Waals surface area contributed by atoms with E-state index in [1.807, 2.05) is 6.92 Å². The van der Waals surface area contributed by atoms with E-state index in [1.165, 1.54) is 24.3 Å². The smallest absolute Gasteiger partial charge is 0.228 e. The minimum Gasteiger partial charge on any atom is -0.228 e. The Morgan fingerprint density at radius 1 is 0.962 bits per heavy atom. The van der Waals surface area contributed by atoms with Crippen molar-refractivity contribution in [3.63, 3.8) is 0 Å². The molecule has 0 saturated carbocycles. The normalized spacial score (nSPS) is 12.3. The fourth-order valence-electron chi connectivity index (χ4n) is 2.48. The summed E-state index contributed by atoms with van der Waals surface area (Å²) in [5.41, 5.74) is 0.822. The molecule has 2 aromatic carbocycles. The molecule has 0 radical (unpaired) electrons. The molecule has 0 saturated heterocycles. The third-order valence-corrected chi connectivity index (χ3v) is 4.99. The highest BCUT2D eigenvalue weighted by molar-refractivity contribution is 7.90. The lowest BCUT2D eigenvalue weighted by Crippen LogP contribution is -2.13. The van der Waals surface area contributed by atoms with Gasteiger partial charge < -0.3 is 0 Å². The molecule has 1 aromatic heterocycles. The molecule has 0 N–H and O–H groups in total. The zero-order valence-electron chi connectivity index (χ0n) is 13.9. The van der Waals surface area contributed by atoms with Gasteiger partial charge in [-0.15, -0.1) is 0 Å². The van der Waals surface area contributed by atoms with Gasteiger partial charge in [0.2, 0.25) is 0 Å². The maximum Gasteiger partial charge on any atom is 0.433 e. The molecule has 3 rings (SSSR count). The average Bonchev–Trinajstić information content (AvgIpc) is 3.00. The lowest BCUT2D eigenvalue weighted by atomic mass is 10.1. The Labute approximate surface area is 148 Å². The van der Waals surface area contributed by atoms with Crippen LogP contribution in [0.15, 0.2) is 59.5 Å². The van der Waals surface area contributed by atoms with E-state index < -0.39 is 21.7 Å². The van der Waals surface area contributed by atoms with Crippen molar-refractivity contribution in [1.29, 1.82) is 0 Å². The molecule has 3 aromatic rings. The van der Waals surface area contributed by atoms with Gasteiger partial charge in [0.1, 0.15) is 5.69 Å². The lowest BCUT2D eigenvalue weighted by Gasteiger charge is -2.10. The van der Waals surface area contributed by atoms with Crippen molar-refractivity contribution < 1.29 is 21.6 Å². The van der Waals surface area contributed by atoms with Gasteiger partial charge in [0.05, 0.1) is 16.3 Å². The molecular formula is C18H15F3N2O2S. The van der Waals surface area contributed by atoms with Crippen LogP contribution < -0.4 is 0 Å². The van der Waals surface area contributed by atoms with Crippen LogP contribution in [0.2, 0.25) is 0 Å². The minimum atomic E-state index is -4.58. The van der Waals surface area contributed by atoms with Crippen molar-refractivity contribution in [3.05, 3.63) is 65.9 Å². The van der Waals surface area contributed by atoms with Crippen LogP contribution in [0.4, 0.5) is 13.2 Å². The van der Waals surface area contributed by atoms with Gasteiger partial charge in [-0.3, -0.25) is 0 Å². The summed E-state index contributed by atoms with van der Waals surface area (Å²) in [6.07, 6.45) is -3.52. The van der Waals surface area contributed by atoms with E-state index in [4.69, 9.17) is 0 Å². The van der Waals surface area contributed by atoms with Crippen molar-refractivity contribution >= 4 is 9.84 Å². The fourth-order valence-corrected chi connectivity index (χ4v) is 3.11. The quantitative estimate of drug-likeness (QED) is 0.682. The second-order valence-electron chi connectivity index (χ2n) is 5.96. The summed E-state index contributed by atoms with van der Waals surface area (Å²) in [5, 5.41) is 4.09. The number of aromatic nitrogens is 2. The first-order valence-corrected chi connectivity index (χ1v) is 9.49. The van der Waals surface area contributed by atoms with Gasteiger partial charge in [0.15, 0.2) is 9.84 Å². The summed E-state index contributed by atoms with van der Waals surface area (Å²) >= 11 is 0. The standard InChI is InChI=1S/C18H15F3N2O2S/c1-12-3-7-14(8-4-12)23-17(18(19,20)21)11-16(22-23)13-5-9-15(10-6-13)26(2,24)25/h3-11H,1-2H3. The van der Waals surface area contributed by atoms with Crippen molar-refractivity contribution in [1.82, 2.24) is 9.78 Å². The van der Waals surface area contributed by atoms with Crippen LogP contribution in [0.25, 0.3) is 16.9 Å². The largest absolute Gasteiger partial charge is 0.433 e. The molecular weight excluding hydrogens is 365 g/mol. The summed E-state index contributed by atoms with van der Waals surface area (Å²) in [6.45, 7) is 1.84. The Morgan fingerprint density at radius 3 is 2.04 bits per heavy atom. The van der Waals surface area contributed by atoms with Crippen LogP contribution in [-0.4, -0.2) is 24.5 Å². The number of nitrogens with zero attached hydrogens (tertiary/aromatic N) is 2. The van der Waals surface area contributed by atoms with E-state index in [1.54, 1.807) is 24.3 Å². The Hall–Kier alpha value is -2.61. The van der Waals surface area contributed by atoms with Crippen LogP contribution in [0.3, 0.4) is 0 Å². The van der Waals surface area contributed by atoms with Crippen molar-refractivity contribution in [2.45, 2.75) is 18.0 Å². The third-order valence-electron chi connectivity index (χ3n) is 3.86.